The van der Waals surface area contributed by atoms with Gasteiger partial charge >= 0.3 is 0 Å². The average molecular weight is 493 g/mol. The third kappa shape index (κ3) is 5.02. The third-order valence-corrected chi connectivity index (χ3v) is 6.79. The maximum atomic E-state index is 12.9. The molecule has 35 heavy (non-hydrogen) atoms. The molecule has 0 saturated heterocycles. The van der Waals surface area contributed by atoms with Gasteiger partial charge in [-0.25, -0.2) is 8.42 Å². The number of carbonyl (C=O) groups is 1. The average Bonchev–Trinajstić information content (AvgIpc) is 3.16. The fraction of sp³-hybridized carbons (Fsp3) is 0.160. The molecule has 4 rings (SSSR count). The smallest absolute Gasteiger partial charge is 0.295 e. The number of fused-ring (bicyclic) bond motifs is 1. The summed E-state index contributed by atoms with van der Waals surface area (Å²) in [6.07, 6.45) is 0. The number of azo groups is 1. The number of carbonyl (C=O) groups excluding carboxylic acids is 1. The summed E-state index contributed by atoms with van der Waals surface area (Å²) in [7, 11) is -2.57. The van der Waals surface area contributed by atoms with E-state index in [4.69, 9.17) is 4.74 Å². The summed E-state index contributed by atoms with van der Waals surface area (Å²) in [4.78, 5) is 15.4. The van der Waals surface area contributed by atoms with Crippen molar-refractivity contribution in [2.75, 3.05) is 11.8 Å². The summed E-state index contributed by atoms with van der Waals surface area (Å²) < 4.78 is 33.4. The first-order valence-electron chi connectivity index (χ1n) is 10.8. The summed E-state index contributed by atoms with van der Waals surface area (Å²) in [6, 6.07) is 17.7. The highest BCUT2D eigenvalue weighted by molar-refractivity contribution is 7.92. The zero-order valence-corrected chi connectivity index (χ0v) is 20.1. The second kappa shape index (κ2) is 9.59. The first-order chi connectivity index (χ1) is 16.7. The van der Waals surface area contributed by atoms with Crippen molar-refractivity contribution in [2.24, 2.45) is 10.2 Å². The van der Waals surface area contributed by atoms with Gasteiger partial charge in [-0.05, 0) is 53.9 Å². The van der Waals surface area contributed by atoms with Crippen molar-refractivity contribution >= 4 is 38.2 Å². The van der Waals surface area contributed by atoms with Crippen LogP contribution in [0, 0.1) is 0 Å². The molecule has 0 spiro atoms. The van der Waals surface area contributed by atoms with Gasteiger partial charge in [0.2, 0.25) is 5.88 Å². The van der Waals surface area contributed by atoms with Gasteiger partial charge in [-0.2, -0.15) is 0 Å². The second-order valence-electron chi connectivity index (χ2n) is 8.12. The molecule has 0 radical (unpaired) electrons. The van der Waals surface area contributed by atoms with Gasteiger partial charge in [0.25, 0.3) is 15.9 Å². The van der Waals surface area contributed by atoms with Gasteiger partial charge in [0.05, 0.1) is 23.2 Å². The first kappa shape index (κ1) is 24.0. The summed E-state index contributed by atoms with van der Waals surface area (Å²) in [6.45, 7) is 4.09. The van der Waals surface area contributed by atoms with Crippen LogP contribution in [0.15, 0.2) is 81.9 Å². The van der Waals surface area contributed by atoms with Gasteiger partial charge in [-0.15, -0.1) is 10.2 Å². The van der Waals surface area contributed by atoms with E-state index in [9.17, 15) is 18.3 Å². The number of aromatic amines is 1. The predicted molar refractivity (Wildman–Crippen MR) is 133 cm³/mol. The summed E-state index contributed by atoms with van der Waals surface area (Å²) >= 11 is 0. The molecule has 0 fully saturated rings. The number of para-hydroxylation sites is 2. The number of anilines is 1. The Morgan fingerprint density at radius 1 is 1.06 bits per heavy atom. The number of rotatable bonds is 7. The molecule has 0 aliphatic carbocycles. The highest BCUT2D eigenvalue weighted by Crippen LogP contribution is 2.37. The van der Waals surface area contributed by atoms with Crippen molar-refractivity contribution in [2.45, 2.75) is 24.7 Å². The van der Waals surface area contributed by atoms with Gasteiger partial charge in [0.1, 0.15) is 5.75 Å². The minimum Gasteiger partial charge on any atom is -0.495 e. The molecule has 0 saturated carbocycles. The number of H-pyrrole nitrogens is 1. The third-order valence-electron chi connectivity index (χ3n) is 5.43. The van der Waals surface area contributed by atoms with E-state index in [1.165, 1.54) is 31.4 Å². The first-order valence-corrected chi connectivity index (χ1v) is 12.2. The lowest BCUT2D eigenvalue weighted by molar-refractivity contribution is 0.0995. The van der Waals surface area contributed by atoms with E-state index in [1.807, 2.05) is 32.0 Å². The molecule has 0 aliphatic rings. The molecule has 3 N–H and O–H groups in total. The lowest BCUT2D eigenvalue weighted by atomic mass is 10.0. The number of methoxy groups -OCH3 is 1. The van der Waals surface area contributed by atoms with Crippen molar-refractivity contribution in [3.05, 3.63) is 77.9 Å². The molecule has 180 valence electrons. The van der Waals surface area contributed by atoms with Crippen LogP contribution >= 0.6 is 0 Å². The normalized spacial score (nSPS) is 11.9. The number of hydrogen-bond acceptors (Lipinski definition) is 6. The van der Waals surface area contributed by atoms with Crippen LogP contribution in [-0.4, -0.2) is 31.5 Å². The Balaban J connectivity index is 1.61. The maximum absolute atomic E-state index is 12.9. The lowest BCUT2D eigenvalue weighted by Crippen LogP contribution is -2.14. The number of aromatic hydroxyl groups is 1. The van der Waals surface area contributed by atoms with Crippen molar-refractivity contribution in [3.8, 4) is 11.6 Å². The topological polar surface area (TPSA) is 133 Å². The zero-order valence-electron chi connectivity index (χ0n) is 19.3. The monoisotopic (exact) mass is 492 g/mol. The Labute approximate surface area is 202 Å². The number of sulfonamides is 1. The molecule has 0 atom stereocenters. The molecule has 1 amide bonds. The van der Waals surface area contributed by atoms with Crippen molar-refractivity contribution < 1.29 is 23.1 Å². The zero-order chi connectivity index (χ0) is 25.2. The quantitative estimate of drug-likeness (QED) is 0.283. The Hall–Kier alpha value is -4.18. The summed E-state index contributed by atoms with van der Waals surface area (Å²) in [5, 5.41) is 18.6. The molecule has 10 heteroatoms. The van der Waals surface area contributed by atoms with Gasteiger partial charge < -0.3 is 14.8 Å². The molecule has 3 aromatic carbocycles. The van der Waals surface area contributed by atoms with Gasteiger partial charge in [0, 0.05) is 10.9 Å². The van der Waals surface area contributed by atoms with E-state index < -0.39 is 15.9 Å². The van der Waals surface area contributed by atoms with Crippen LogP contribution in [0.1, 0.15) is 35.7 Å². The number of ether oxygens (including phenoxy) is 1. The fourth-order valence-electron chi connectivity index (χ4n) is 3.52. The number of hydrogen-bond donors (Lipinski definition) is 3. The van der Waals surface area contributed by atoms with Crippen LogP contribution in [-0.2, 0) is 10.0 Å². The second-order valence-corrected chi connectivity index (χ2v) is 9.80. The van der Waals surface area contributed by atoms with E-state index in [0.717, 1.165) is 5.56 Å². The predicted octanol–water partition coefficient (Wildman–Crippen LogP) is 5.73. The van der Waals surface area contributed by atoms with Crippen LogP contribution in [0.3, 0.4) is 0 Å². The highest BCUT2D eigenvalue weighted by atomic mass is 32.2. The fourth-order valence-corrected chi connectivity index (χ4v) is 4.64. The molecule has 1 aromatic heterocycles. The molecular formula is C25H24N4O5S. The molecule has 0 bridgehead atoms. The number of amides is 1. The molecule has 9 nitrogen and oxygen atoms in total. The highest BCUT2D eigenvalue weighted by Gasteiger charge is 2.19. The van der Waals surface area contributed by atoms with Gasteiger partial charge in [0.15, 0.2) is 5.69 Å². The van der Waals surface area contributed by atoms with Crippen molar-refractivity contribution in [3.63, 3.8) is 0 Å². The van der Waals surface area contributed by atoms with E-state index in [1.54, 1.807) is 24.3 Å². The molecule has 4 aromatic rings. The van der Waals surface area contributed by atoms with Gasteiger partial charge in [-0.1, -0.05) is 38.1 Å². The number of benzene rings is 3. The van der Waals surface area contributed by atoms with Crippen LogP contribution in [0.25, 0.3) is 10.9 Å². The number of nitrogens with zero attached hydrogens (tertiary/aromatic N) is 2. The van der Waals surface area contributed by atoms with E-state index >= 15 is 0 Å². The summed E-state index contributed by atoms with van der Waals surface area (Å²) in [5.74, 6) is -0.351. The number of aromatic nitrogens is 1. The Morgan fingerprint density at radius 3 is 2.57 bits per heavy atom. The van der Waals surface area contributed by atoms with Crippen molar-refractivity contribution in [1.29, 1.82) is 0 Å². The van der Waals surface area contributed by atoms with Crippen LogP contribution < -0.4 is 9.46 Å². The number of nitrogens with one attached hydrogen (secondary N) is 2. The van der Waals surface area contributed by atoms with E-state index in [0.29, 0.717) is 16.7 Å². The van der Waals surface area contributed by atoms with E-state index in [2.05, 4.69) is 19.9 Å². The molecule has 0 unspecified atom stereocenters. The standard InChI is InChI=1S/C25H24N4O5S/c1-15(2)16-11-12-20-19(14-16)23(25(31)26-20)27-28-24(30)17-7-6-8-18(13-17)35(32,33)29-21-9-4-5-10-22(21)34-3/h4-15,26,29,31H,1-3H3. The van der Waals surface area contributed by atoms with Crippen LogP contribution in [0.5, 0.6) is 11.6 Å². The summed E-state index contributed by atoms with van der Waals surface area (Å²) in [5.41, 5.74) is 2.13. The van der Waals surface area contributed by atoms with Crippen molar-refractivity contribution in [1.82, 2.24) is 4.98 Å². The van der Waals surface area contributed by atoms with Crippen LogP contribution in [0.2, 0.25) is 0 Å². The minimum atomic E-state index is -4.01. The molecular weight excluding hydrogens is 468 g/mol. The molecule has 0 aliphatic heterocycles. The maximum Gasteiger partial charge on any atom is 0.295 e. The largest absolute Gasteiger partial charge is 0.495 e. The van der Waals surface area contributed by atoms with E-state index in [-0.39, 0.29) is 33.6 Å². The Kier molecular flexibility index (Phi) is 6.57. The minimum absolute atomic E-state index is 0.0267. The lowest BCUT2D eigenvalue weighted by Gasteiger charge is -2.11. The Morgan fingerprint density at radius 2 is 1.83 bits per heavy atom. The van der Waals surface area contributed by atoms with Gasteiger partial charge in [-0.3, -0.25) is 9.52 Å². The SMILES string of the molecule is COc1ccccc1NS(=O)(=O)c1cccc(C(=O)N=Nc2c(O)[nH]c3ccc(C(C)C)cc23)c1. The Bertz CT molecular complexity index is 1540. The van der Waals surface area contributed by atoms with Crippen LogP contribution in [0.4, 0.5) is 11.4 Å². The molecule has 1 heterocycles.